The number of amides is 2. The van der Waals surface area contributed by atoms with E-state index < -0.39 is 53.8 Å². The molecule has 0 radical (unpaired) electrons. The van der Waals surface area contributed by atoms with Crippen molar-refractivity contribution in [1.29, 1.82) is 0 Å². The van der Waals surface area contributed by atoms with Crippen LogP contribution in [0.3, 0.4) is 0 Å². The summed E-state index contributed by atoms with van der Waals surface area (Å²) in [5.41, 5.74) is 0.672. The standard InChI is InChI=1S/C21H20FN3O5S/c22-12-6-8-13(9-7-12)23-21-24-19(29)15-18(31-21)17(28)16(27)14(10-26)25(15)20(30)11-4-2-1-3-5-11/h1-9,14-18,26-28H,10H2,(H,23,24,29)/t14-,15-,16-,17+,18-/m1/s1. The number of hydrogen-bond donors (Lipinski definition) is 4. The summed E-state index contributed by atoms with van der Waals surface area (Å²) < 4.78 is 13.1. The molecule has 2 aliphatic heterocycles. The summed E-state index contributed by atoms with van der Waals surface area (Å²) in [6, 6.07) is 11.2. The fourth-order valence-corrected chi connectivity index (χ4v) is 5.03. The third-order valence-corrected chi connectivity index (χ3v) is 6.52. The number of nitrogens with zero attached hydrogens (tertiary/aromatic N) is 2. The normalized spacial score (nSPS) is 29.4. The first-order valence-electron chi connectivity index (χ1n) is 9.57. The summed E-state index contributed by atoms with van der Waals surface area (Å²) >= 11 is 0.998. The van der Waals surface area contributed by atoms with Crippen LogP contribution in [-0.2, 0) is 4.79 Å². The van der Waals surface area contributed by atoms with Crippen LogP contribution in [0.5, 0.6) is 0 Å². The second-order valence-corrected chi connectivity index (χ2v) is 8.39. The van der Waals surface area contributed by atoms with Gasteiger partial charge in [-0.25, -0.2) is 9.38 Å². The van der Waals surface area contributed by atoms with Crippen molar-refractivity contribution in [3.8, 4) is 0 Å². The molecule has 0 saturated carbocycles. The van der Waals surface area contributed by atoms with E-state index in [1.165, 1.54) is 24.3 Å². The highest BCUT2D eigenvalue weighted by Crippen LogP contribution is 2.37. The third-order valence-electron chi connectivity index (χ3n) is 5.29. The van der Waals surface area contributed by atoms with Gasteiger partial charge in [-0.05, 0) is 36.4 Å². The molecule has 0 bridgehead atoms. The first-order valence-corrected chi connectivity index (χ1v) is 10.4. The van der Waals surface area contributed by atoms with Crippen molar-refractivity contribution in [2.24, 2.45) is 4.99 Å². The molecule has 5 atom stereocenters. The van der Waals surface area contributed by atoms with Crippen molar-refractivity contribution in [3.63, 3.8) is 0 Å². The SMILES string of the molecule is O=C1NC(=Nc2ccc(F)cc2)S[C@H]2[C@@H](O)[C@H](O)[C@@H](CO)N(C(=O)c3ccccc3)[C@@H]12. The molecule has 0 unspecified atom stereocenters. The van der Waals surface area contributed by atoms with Crippen LogP contribution in [0.2, 0.25) is 0 Å². The number of rotatable bonds is 3. The molecule has 31 heavy (non-hydrogen) atoms. The van der Waals surface area contributed by atoms with Gasteiger partial charge in [-0.15, -0.1) is 0 Å². The van der Waals surface area contributed by atoms with Crippen molar-refractivity contribution < 1.29 is 29.3 Å². The molecular weight excluding hydrogens is 425 g/mol. The summed E-state index contributed by atoms with van der Waals surface area (Å²) in [4.78, 5) is 31.6. The highest BCUT2D eigenvalue weighted by Gasteiger charge is 2.55. The molecule has 8 nitrogen and oxygen atoms in total. The number of carbonyl (C=O) groups is 2. The molecule has 2 fully saturated rings. The fraction of sp³-hybridized carbons (Fsp3) is 0.286. The maximum atomic E-state index is 13.2. The highest BCUT2D eigenvalue weighted by atomic mass is 32.2. The van der Waals surface area contributed by atoms with Crippen molar-refractivity contribution >= 4 is 34.4 Å². The van der Waals surface area contributed by atoms with E-state index in [1.54, 1.807) is 30.3 Å². The van der Waals surface area contributed by atoms with Crippen LogP contribution in [0.15, 0.2) is 59.6 Å². The maximum Gasteiger partial charge on any atom is 0.254 e. The molecule has 2 amide bonds. The van der Waals surface area contributed by atoms with Gasteiger partial charge < -0.3 is 25.5 Å². The number of amidine groups is 1. The molecule has 4 N–H and O–H groups in total. The van der Waals surface area contributed by atoms with E-state index in [4.69, 9.17) is 0 Å². The first-order chi connectivity index (χ1) is 14.9. The van der Waals surface area contributed by atoms with Crippen LogP contribution in [0.25, 0.3) is 0 Å². The number of piperidine rings is 1. The molecule has 2 saturated heterocycles. The van der Waals surface area contributed by atoms with E-state index in [2.05, 4.69) is 10.3 Å². The number of thioether (sulfide) groups is 1. The molecule has 2 aromatic rings. The maximum absolute atomic E-state index is 13.2. The van der Waals surface area contributed by atoms with Gasteiger partial charge in [0, 0.05) is 5.56 Å². The van der Waals surface area contributed by atoms with Crippen molar-refractivity contribution in [1.82, 2.24) is 10.2 Å². The van der Waals surface area contributed by atoms with Crippen LogP contribution in [0, 0.1) is 5.82 Å². The van der Waals surface area contributed by atoms with E-state index in [0.717, 1.165) is 16.7 Å². The van der Waals surface area contributed by atoms with Crippen LogP contribution in [0.1, 0.15) is 10.4 Å². The van der Waals surface area contributed by atoms with Crippen LogP contribution >= 0.6 is 11.8 Å². The lowest BCUT2D eigenvalue weighted by Crippen LogP contribution is -2.73. The fourth-order valence-electron chi connectivity index (χ4n) is 3.78. The topological polar surface area (TPSA) is 122 Å². The summed E-state index contributed by atoms with van der Waals surface area (Å²) in [6.45, 7) is -0.630. The summed E-state index contributed by atoms with van der Waals surface area (Å²) in [5, 5.41) is 33.0. The lowest BCUT2D eigenvalue weighted by Gasteiger charge is -2.50. The molecule has 2 aliphatic rings. The first kappa shape index (κ1) is 21.4. The number of likely N-dealkylation sites (tertiary alicyclic amines) is 1. The Kier molecular flexibility index (Phi) is 6.05. The number of fused-ring (bicyclic) bond motifs is 1. The Labute approximate surface area is 181 Å². The van der Waals surface area contributed by atoms with E-state index in [-0.39, 0.29) is 10.7 Å². The zero-order chi connectivity index (χ0) is 22.1. The van der Waals surface area contributed by atoms with Gasteiger partial charge in [0.05, 0.1) is 29.7 Å². The second-order valence-electron chi connectivity index (χ2n) is 7.22. The van der Waals surface area contributed by atoms with Gasteiger partial charge in [-0.2, -0.15) is 0 Å². The van der Waals surface area contributed by atoms with Crippen LogP contribution < -0.4 is 5.32 Å². The van der Waals surface area contributed by atoms with Crippen LogP contribution in [0.4, 0.5) is 10.1 Å². The van der Waals surface area contributed by atoms with Gasteiger partial charge in [0.1, 0.15) is 18.0 Å². The van der Waals surface area contributed by atoms with Gasteiger partial charge in [-0.3, -0.25) is 9.59 Å². The molecular formula is C21H20FN3O5S. The van der Waals surface area contributed by atoms with Gasteiger partial charge in [0.2, 0.25) is 5.91 Å². The predicted octanol–water partition coefficient (Wildman–Crippen LogP) is 0.652. The van der Waals surface area contributed by atoms with Gasteiger partial charge in [0.15, 0.2) is 5.17 Å². The van der Waals surface area contributed by atoms with E-state index in [1.807, 2.05) is 0 Å². The Balaban J connectivity index is 1.68. The molecule has 0 spiro atoms. The predicted molar refractivity (Wildman–Crippen MR) is 112 cm³/mol. The summed E-state index contributed by atoms with van der Waals surface area (Å²) in [7, 11) is 0. The third kappa shape index (κ3) is 4.07. The summed E-state index contributed by atoms with van der Waals surface area (Å²) in [6.07, 6.45) is -2.86. The number of nitrogens with one attached hydrogen (secondary N) is 1. The highest BCUT2D eigenvalue weighted by molar-refractivity contribution is 8.14. The minimum atomic E-state index is -1.47. The van der Waals surface area contributed by atoms with E-state index >= 15 is 0 Å². The van der Waals surface area contributed by atoms with Gasteiger partial charge in [-0.1, -0.05) is 30.0 Å². The van der Waals surface area contributed by atoms with Gasteiger partial charge >= 0.3 is 0 Å². The second kappa shape index (κ2) is 8.75. The number of aliphatic hydroxyl groups is 3. The Morgan fingerprint density at radius 3 is 2.42 bits per heavy atom. The molecule has 0 aliphatic carbocycles. The molecule has 162 valence electrons. The quantitative estimate of drug-likeness (QED) is 0.550. The number of carbonyl (C=O) groups excluding carboxylic acids is 2. The number of hydrogen-bond acceptors (Lipinski definition) is 7. The average Bonchev–Trinajstić information content (AvgIpc) is 2.78. The monoisotopic (exact) mass is 445 g/mol. The van der Waals surface area contributed by atoms with Crippen molar-refractivity contribution in [3.05, 3.63) is 66.0 Å². The van der Waals surface area contributed by atoms with Crippen molar-refractivity contribution in [2.75, 3.05) is 6.61 Å². The number of aliphatic hydroxyl groups excluding tert-OH is 3. The molecule has 2 heterocycles. The minimum Gasteiger partial charge on any atom is -0.394 e. The zero-order valence-corrected chi connectivity index (χ0v) is 16.9. The number of halogens is 1. The smallest absolute Gasteiger partial charge is 0.254 e. The minimum absolute atomic E-state index is 0.152. The number of benzene rings is 2. The van der Waals surface area contributed by atoms with Crippen LogP contribution in [-0.4, -0.2) is 73.3 Å². The zero-order valence-electron chi connectivity index (χ0n) is 16.1. The van der Waals surface area contributed by atoms with E-state index in [0.29, 0.717) is 5.69 Å². The molecule has 4 rings (SSSR count). The molecule has 2 aromatic carbocycles. The summed E-state index contributed by atoms with van der Waals surface area (Å²) in [5.74, 6) is -1.58. The lowest BCUT2D eigenvalue weighted by molar-refractivity contribution is -0.137. The molecule has 0 aromatic heterocycles. The lowest BCUT2D eigenvalue weighted by atomic mass is 9.88. The Hall–Kier alpha value is -2.79. The largest absolute Gasteiger partial charge is 0.394 e. The Morgan fingerprint density at radius 1 is 1.10 bits per heavy atom. The number of aliphatic imine (C=N–C) groups is 1. The Bertz CT molecular complexity index is 1000. The Morgan fingerprint density at radius 2 is 1.77 bits per heavy atom. The molecule has 10 heteroatoms. The van der Waals surface area contributed by atoms with Crippen molar-refractivity contribution in [2.45, 2.75) is 29.5 Å². The van der Waals surface area contributed by atoms with E-state index in [9.17, 15) is 29.3 Å². The van der Waals surface area contributed by atoms with Gasteiger partial charge in [0.25, 0.3) is 5.91 Å². The average molecular weight is 445 g/mol.